The molecule has 1 saturated heterocycles. The van der Waals surface area contributed by atoms with Crippen LogP contribution in [0, 0.1) is 13.8 Å². The van der Waals surface area contributed by atoms with Crippen molar-refractivity contribution in [3.63, 3.8) is 0 Å². The van der Waals surface area contributed by atoms with Gasteiger partial charge in [-0.3, -0.25) is 4.79 Å². The lowest BCUT2D eigenvalue weighted by Gasteiger charge is -2.24. The SMILES string of the molecule is Cc1ccc(Sc2ncccc2C(=O)N(C)C2CCS(=O)(=O)C2)cc1C. The summed E-state index contributed by atoms with van der Waals surface area (Å²) in [5, 5.41) is 0.633. The minimum atomic E-state index is -3.04. The monoisotopic (exact) mass is 390 g/mol. The van der Waals surface area contributed by atoms with Gasteiger partial charge in [-0.15, -0.1) is 0 Å². The molecule has 1 aromatic carbocycles. The van der Waals surface area contributed by atoms with Gasteiger partial charge in [0.25, 0.3) is 5.91 Å². The minimum Gasteiger partial charge on any atom is -0.338 e. The first-order chi connectivity index (χ1) is 12.3. The average molecular weight is 391 g/mol. The van der Waals surface area contributed by atoms with Crippen LogP contribution in [-0.4, -0.2) is 48.8 Å². The minimum absolute atomic E-state index is 0.0368. The number of sulfone groups is 1. The van der Waals surface area contributed by atoms with Gasteiger partial charge in [-0.2, -0.15) is 0 Å². The van der Waals surface area contributed by atoms with E-state index >= 15 is 0 Å². The van der Waals surface area contributed by atoms with Crippen LogP contribution in [-0.2, 0) is 9.84 Å². The van der Waals surface area contributed by atoms with Gasteiger partial charge in [-0.05, 0) is 55.7 Å². The van der Waals surface area contributed by atoms with Crippen molar-refractivity contribution in [3.8, 4) is 0 Å². The highest BCUT2D eigenvalue weighted by molar-refractivity contribution is 7.99. The number of aryl methyl sites for hydroxylation is 2. The normalized spacial score (nSPS) is 18.7. The summed E-state index contributed by atoms with van der Waals surface area (Å²) in [6, 6.07) is 9.36. The summed E-state index contributed by atoms with van der Waals surface area (Å²) in [7, 11) is -1.37. The molecule has 0 N–H and O–H groups in total. The molecule has 1 atom stereocenters. The third-order valence-electron chi connectivity index (χ3n) is 4.77. The number of benzene rings is 1. The van der Waals surface area contributed by atoms with E-state index < -0.39 is 9.84 Å². The van der Waals surface area contributed by atoms with Gasteiger partial charge in [0.2, 0.25) is 0 Å². The molecule has 1 aliphatic rings. The molecule has 0 spiro atoms. The second kappa shape index (κ2) is 7.40. The Morgan fingerprint density at radius 3 is 2.65 bits per heavy atom. The lowest BCUT2D eigenvalue weighted by atomic mass is 10.1. The third kappa shape index (κ3) is 4.10. The molecular weight excluding hydrogens is 368 g/mol. The van der Waals surface area contributed by atoms with Crippen LogP contribution in [0.5, 0.6) is 0 Å². The van der Waals surface area contributed by atoms with Gasteiger partial charge in [-0.1, -0.05) is 17.8 Å². The first-order valence-corrected chi connectivity index (χ1v) is 11.1. The van der Waals surface area contributed by atoms with Crippen LogP contribution in [0.15, 0.2) is 46.5 Å². The van der Waals surface area contributed by atoms with E-state index in [4.69, 9.17) is 0 Å². The number of hydrogen-bond acceptors (Lipinski definition) is 5. The Bertz CT molecular complexity index is 942. The van der Waals surface area contributed by atoms with Crippen LogP contribution < -0.4 is 0 Å². The molecule has 0 radical (unpaired) electrons. The molecule has 0 aliphatic carbocycles. The Hall–Kier alpha value is -1.86. The molecule has 1 aromatic heterocycles. The summed E-state index contributed by atoms with van der Waals surface area (Å²) in [4.78, 5) is 19.9. The van der Waals surface area contributed by atoms with E-state index in [0.717, 1.165) is 4.90 Å². The van der Waals surface area contributed by atoms with Gasteiger partial charge in [0.1, 0.15) is 5.03 Å². The second-order valence-electron chi connectivity index (χ2n) is 6.68. The van der Waals surface area contributed by atoms with E-state index in [1.54, 1.807) is 30.3 Å². The van der Waals surface area contributed by atoms with Crippen molar-refractivity contribution in [2.75, 3.05) is 18.6 Å². The van der Waals surface area contributed by atoms with Crippen molar-refractivity contribution in [2.24, 2.45) is 0 Å². The lowest BCUT2D eigenvalue weighted by Crippen LogP contribution is -2.38. The molecule has 2 aromatic rings. The topological polar surface area (TPSA) is 67.3 Å². The highest BCUT2D eigenvalue weighted by Crippen LogP contribution is 2.31. The molecule has 0 saturated carbocycles. The molecule has 2 heterocycles. The molecule has 138 valence electrons. The highest BCUT2D eigenvalue weighted by Gasteiger charge is 2.33. The molecule has 1 aliphatic heterocycles. The number of carbonyl (C=O) groups excluding carboxylic acids is 1. The standard InChI is InChI=1S/C19H22N2O3S2/c1-13-6-7-16(11-14(13)2)25-18-17(5-4-9-20-18)19(22)21(3)15-8-10-26(23,24)12-15/h4-7,9,11,15H,8,10,12H2,1-3H3. The van der Waals surface area contributed by atoms with Gasteiger partial charge in [0, 0.05) is 24.2 Å². The maximum Gasteiger partial charge on any atom is 0.256 e. The fourth-order valence-corrected chi connectivity index (χ4v) is 5.71. The van der Waals surface area contributed by atoms with Gasteiger partial charge in [0.05, 0.1) is 17.1 Å². The van der Waals surface area contributed by atoms with Gasteiger partial charge in [0.15, 0.2) is 9.84 Å². The van der Waals surface area contributed by atoms with Crippen molar-refractivity contribution in [2.45, 2.75) is 36.2 Å². The molecule has 1 amide bonds. The zero-order valence-electron chi connectivity index (χ0n) is 15.1. The summed E-state index contributed by atoms with van der Waals surface area (Å²) >= 11 is 1.45. The summed E-state index contributed by atoms with van der Waals surface area (Å²) in [6.45, 7) is 4.11. The molecule has 3 rings (SSSR count). The molecule has 7 heteroatoms. The fraction of sp³-hybridized carbons (Fsp3) is 0.368. The van der Waals surface area contributed by atoms with Crippen LogP contribution in [0.1, 0.15) is 27.9 Å². The Labute approximate surface area is 158 Å². The van der Waals surface area contributed by atoms with Crippen molar-refractivity contribution in [3.05, 3.63) is 53.2 Å². The van der Waals surface area contributed by atoms with Gasteiger partial charge in [-0.25, -0.2) is 13.4 Å². The summed E-state index contributed by atoms with van der Waals surface area (Å²) in [5.41, 5.74) is 2.91. The summed E-state index contributed by atoms with van der Waals surface area (Å²) < 4.78 is 23.4. The number of pyridine rings is 1. The van der Waals surface area contributed by atoms with E-state index in [2.05, 4.69) is 31.0 Å². The van der Waals surface area contributed by atoms with Crippen molar-refractivity contribution >= 4 is 27.5 Å². The van der Waals surface area contributed by atoms with Crippen LogP contribution in [0.25, 0.3) is 0 Å². The largest absolute Gasteiger partial charge is 0.338 e. The smallest absolute Gasteiger partial charge is 0.256 e. The Morgan fingerprint density at radius 2 is 2.00 bits per heavy atom. The number of amides is 1. The zero-order chi connectivity index (χ0) is 18.9. The van der Waals surface area contributed by atoms with Crippen LogP contribution in [0.3, 0.4) is 0 Å². The van der Waals surface area contributed by atoms with Crippen molar-refractivity contribution in [1.82, 2.24) is 9.88 Å². The number of hydrogen-bond donors (Lipinski definition) is 0. The van der Waals surface area contributed by atoms with Crippen molar-refractivity contribution in [1.29, 1.82) is 0 Å². The molecule has 1 fully saturated rings. The second-order valence-corrected chi connectivity index (χ2v) is 9.97. The maximum absolute atomic E-state index is 13.0. The molecule has 1 unspecified atom stereocenters. The van der Waals surface area contributed by atoms with E-state index in [1.165, 1.54) is 22.9 Å². The summed E-state index contributed by atoms with van der Waals surface area (Å²) in [6.07, 6.45) is 2.16. The number of carbonyl (C=O) groups is 1. The molecule has 26 heavy (non-hydrogen) atoms. The van der Waals surface area contributed by atoms with Gasteiger partial charge >= 0.3 is 0 Å². The number of rotatable bonds is 4. The maximum atomic E-state index is 13.0. The molecular formula is C19H22N2O3S2. The molecule has 0 bridgehead atoms. The van der Waals surface area contributed by atoms with E-state index in [-0.39, 0.29) is 23.5 Å². The number of aromatic nitrogens is 1. The fourth-order valence-electron chi connectivity index (χ4n) is 2.96. The Balaban J connectivity index is 1.84. The molecule has 5 nitrogen and oxygen atoms in total. The quantitative estimate of drug-likeness (QED) is 0.802. The Kier molecular flexibility index (Phi) is 5.39. The van der Waals surface area contributed by atoms with Crippen molar-refractivity contribution < 1.29 is 13.2 Å². The summed E-state index contributed by atoms with van der Waals surface area (Å²) in [5.74, 6) is -0.00614. The Morgan fingerprint density at radius 1 is 1.23 bits per heavy atom. The van der Waals surface area contributed by atoms with E-state index in [0.29, 0.717) is 17.0 Å². The van der Waals surface area contributed by atoms with Crippen LogP contribution >= 0.6 is 11.8 Å². The third-order valence-corrected chi connectivity index (χ3v) is 7.53. The predicted octanol–water partition coefficient (Wildman–Crippen LogP) is 3.11. The lowest BCUT2D eigenvalue weighted by molar-refractivity contribution is 0.0743. The number of nitrogens with zero attached hydrogens (tertiary/aromatic N) is 2. The van der Waals surface area contributed by atoms with E-state index in [9.17, 15) is 13.2 Å². The van der Waals surface area contributed by atoms with Crippen LogP contribution in [0.2, 0.25) is 0 Å². The first kappa shape index (κ1) is 18.9. The van der Waals surface area contributed by atoms with E-state index in [1.807, 2.05) is 6.07 Å². The average Bonchev–Trinajstić information content (AvgIpc) is 2.97. The predicted molar refractivity (Wildman–Crippen MR) is 103 cm³/mol. The zero-order valence-corrected chi connectivity index (χ0v) is 16.7. The first-order valence-electron chi connectivity index (χ1n) is 8.44. The van der Waals surface area contributed by atoms with Crippen LogP contribution in [0.4, 0.5) is 0 Å². The van der Waals surface area contributed by atoms with Gasteiger partial charge < -0.3 is 4.90 Å². The highest BCUT2D eigenvalue weighted by atomic mass is 32.2.